The third-order valence-corrected chi connectivity index (χ3v) is 4.66. The van der Waals surface area contributed by atoms with Crippen molar-refractivity contribution in [2.45, 2.75) is 13.1 Å². The number of nitrogens with zero attached hydrogens (tertiary/aromatic N) is 1. The van der Waals surface area contributed by atoms with Crippen molar-refractivity contribution in [2.75, 3.05) is 23.7 Å². The predicted octanol–water partition coefficient (Wildman–Crippen LogP) is 4.60. The number of nitrogens with one attached hydrogen (secondary N) is 3. The van der Waals surface area contributed by atoms with Gasteiger partial charge < -0.3 is 26.0 Å². The zero-order valence-electron chi connectivity index (χ0n) is 17.1. The van der Waals surface area contributed by atoms with Gasteiger partial charge in [0.15, 0.2) is 0 Å². The molecule has 7 nitrogen and oxygen atoms in total. The molecule has 3 aromatic rings. The molecule has 7 heteroatoms. The topological polar surface area (TPSA) is 93.7 Å². The van der Waals surface area contributed by atoms with Crippen LogP contribution < -0.4 is 16.0 Å². The molecule has 31 heavy (non-hydrogen) atoms. The maximum atomic E-state index is 12.3. The normalized spacial score (nSPS) is 10.2. The molecule has 4 N–H and O–H groups in total. The summed E-state index contributed by atoms with van der Waals surface area (Å²) in [6.45, 7) is 1.46. The molecule has 0 radical (unpaired) electrons. The molecule has 0 bridgehead atoms. The lowest BCUT2D eigenvalue weighted by molar-refractivity contribution is 0.144. The third kappa shape index (κ3) is 7.08. The molecule has 160 valence electrons. The van der Waals surface area contributed by atoms with Gasteiger partial charge in [0.2, 0.25) is 0 Å². The van der Waals surface area contributed by atoms with Crippen LogP contribution in [-0.4, -0.2) is 35.2 Å². The number of hydrogen-bond acceptors (Lipinski definition) is 3. The van der Waals surface area contributed by atoms with E-state index in [4.69, 9.17) is 0 Å². The van der Waals surface area contributed by atoms with Gasteiger partial charge in [-0.1, -0.05) is 72.8 Å². The van der Waals surface area contributed by atoms with E-state index < -0.39 is 6.09 Å². The Morgan fingerprint density at radius 2 is 1.35 bits per heavy atom. The molecule has 0 spiro atoms. The van der Waals surface area contributed by atoms with Crippen LogP contribution in [-0.2, 0) is 13.1 Å². The minimum absolute atomic E-state index is 0.304. The monoisotopic (exact) mass is 418 g/mol. The van der Waals surface area contributed by atoms with Gasteiger partial charge in [-0.25, -0.2) is 9.59 Å². The van der Waals surface area contributed by atoms with E-state index in [0.717, 1.165) is 16.8 Å². The Labute approximate surface area is 181 Å². The summed E-state index contributed by atoms with van der Waals surface area (Å²) in [7, 11) is 0. The fourth-order valence-electron chi connectivity index (χ4n) is 3.06. The minimum atomic E-state index is -0.975. The van der Waals surface area contributed by atoms with Gasteiger partial charge in [-0.2, -0.15) is 0 Å². The van der Waals surface area contributed by atoms with Crippen LogP contribution in [0.2, 0.25) is 0 Å². The van der Waals surface area contributed by atoms with Crippen LogP contribution in [0.1, 0.15) is 11.1 Å². The van der Waals surface area contributed by atoms with E-state index in [0.29, 0.717) is 31.9 Å². The highest BCUT2D eigenvalue weighted by atomic mass is 16.4. The van der Waals surface area contributed by atoms with E-state index in [1.807, 2.05) is 78.9 Å². The molecule has 3 rings (SSSR count). The smallest absolute Gasteiger partial charge is 0.407 e. The Morgan fingerprint density at radius 3 is 2.00 bits per heavy atom. The lowest BCUT2D eigenvalue weighted by atomic mass is 10.2. The first-order valence-electron chi connectivity index (χ1n) is 10.1. The molecule has 0 atom stereocenters. The first-order valence-corrected chi connectivity index (χ1v) is 10.1. The Balaban J connectivity index is 1.52. The summed E-state index contributed by atoms with van der Waals surface area (Å²) in [5, 5.41) is 18.4. The van der Waals surface area contributed by atoms with Gasteiger partial charge in [-0.05, 0) is 23.3 Å². The summed E-state index contributed by atoms with van der Waals surface area (Å²) in [6, 6.07) is 26.1. The predicted molar refractivity (Wildman–Crippen MR) is 122 cm³/mol. The third-order valence-electron chi connectivity index (χ3n) is 4.66. The number of carbonyl (C=O) groups excluding carboxylic acids is 1. The highest BCUT2D eigenvalue weighted by molar-refractivity contribution is 5.93. The zero-order valence-corrected chi connectivity index (χ0v) is 17.1. The fourth-order valence-corrected chi connectivity index (χ4v) is 3.06. The van der Waals surface area contributed by atoms with E-state index in [-0.39, 0.29) is 6.03 Å². The Hall–Kier alpha value is -4.00. The highest BCUT2D eigenvalue weighted by Gasteiger charge is 2.12. The van der Waals surface area contributed by atoms with E-state index in [1.165, 1.54) is 4.90 Å². The van der Waals surface area contributed by atoms with E-state index in [1.54, 1.807) is 6.07 Å². The quantitative estimate of drug-likeness (QED) is 0.409. The van der Waals surface area contributed by atoms with Crippen molar-refractivity contribution in [3.8, 4) is 0 Å². The lowest BCUT2D eigenvalue weighted by Crippen LogP contribution is -2.33. The number of urea groups is 1. The molecule has 0 heterocycles. The van der Waals surface area contributed by atoms with Gasteiger partial charge in [-0.15, -0.1) is 0 Å². The average Bonchev–Trinajstić information content (AvgIpc) is 2.79. The summed E-state index contributed by atoms with van der Waals surface area (Å²) in [6.07, 6.45) is -0.975. The molecular formula is C24H26N4O3. The van der Waals surface area contributed by atoms with Gasteiger partial charge >= 0.3 is 12.1 Å². The van der Waals surface area contributed by atoms with Crippen molar-refractivity contribution in [1.29, 1.82) is 0 Å². The molecule has 0 saturated carbocycles. The number of anilines is 2. The summed E-state index contributed by atoms with van der Waals surface area (Å²) < 4.78 is 0. The van der Waals surface area contributed by atoms with Crippen molar-refractivity contribution >= 4 is 23.5 Å². The average molecular weight is 418 g/mol. The number of amides is 3. The second-order valence-electron chi connectivity index (χ2n) is 6.96. The van der Waals surface area contributed by atoms with Crippen LogP contribution in [0.25, 0.3) is 0 Å². The zero-order chi connectivity index (χ0) is 21.9. The number of carbonyl (C=O) groups is 2. The number of rotatable bonds is 9. The SMILES string of the molecule is O=C(NCc1ccccc1)Nc1ccccc1NCCN(Cc1ccccc1)C(=O)O. The highest BCUT2D eigenvalue weighted by Crippen LogP contribution is 2.20. The first-order chi connectivity index (χ1) is 15.1. The van der Waals surface area contributed by atoms with Gasteiger partial charge in [0, 0.05) is 26.2 Å². The van der Waals surface area contributed by atoms with Crippen LogP contribution in [0.3, 0.4) is 0 Å². The molecule has 0 aliphatic heterocycles. The molecule has 0 fully saturated rings. The van der Waals surface area contributed by atoms with Gasteiger partial charge in [0.05, 0.1) is 11.4 Å². The lowest BCUT2D eigenvalue weighted by Gasteiger charge is -2.20. The molecule has 3 aromatic carbocycles. The minimum Gasteiger partial charge on any atom is -0.465 e. The van der Waals surface area contributed by atoms with Crippen molar-refractivity contribution in [2.24, 2.45) is 0 Å². The molecule has 0 aliphatic carbocycles. The molecular weight excluding hydrogens is 392 g/mol. The summed E-state index contributed by atoms with van der Waals surface area (Å²) in [5.74, 6) is 0. The fraction of sp³-hybridized carbons (Fsp3) is 0.167. The van der Waals surface area contributed by atoms with E-state index >= 15 is 0 Å². The van der Waals surface area contributed by atoms with Crippen LogP contribution in [0.4, 0.5) is 21.0 Å². The first kappa shape index (κ1) is 21.7. The molecule has 0 aromatic heterocycles. The number of benzene rings is 3. The maximum Gasteiger partial charge on any atom is 0.407 e. The van der Waals surface area contributed by atoms with E-state index in [9.17, 15) is 14.7 Å². The van der Waals surface area contributed by atoms with Crippen LogP contribution in [0, 0.1) is 0 Å². The second kappa shape index (κ2) is 11.3. The van der Waals surface area contributed by atoms with Crippen LogP contribution in [0.15, 0.2) is 84.9 Å². The second-order valence-corrected chi connectivity index (χ2v) is 6.96. The number of carboxylic acid groups (broad SMARTS) is 1. The standard InChI is InChI=1S/C24H26N4O3/c29-23(26-17-19-9-3-1-4-10-19)27-22-14-8-7-13-21(22)25-15-16-28(24(30)31)18-20-11-5-2-6-12-20/h1-14,25H,15-18H2,(H,30,31)(H2,26,27,29). The summed E-state index contributed by atoms with van der Waals surface area (Å²) in [4.78, 5) is 25.2. The number of para-hydroxylation sites is 2. The van der Waals surface area contributed by atoms with Crippen molar-refractivity contribution < 1.29 is 14.7 Å². The molecule has 0 aliphatic rings. The Bertz CT molecular complexity index is 980. The molecule has 0 saturated heterocycles. The maximum absolute atomic E-state index is 12.3. The number of hydrogen-bond donors (Lipinski definition) is 4. The summed E-state index contributed by atoms with van der Waals surface area (Å²) >= 11 is 0. The Morgan fingerprint density at radius 1 is 0.774 bits per heavy atom. The molecule has 0 unspecified atom stereocenters. The van der Waals surface area contributed by atoms with Crippen LogP contribution in [0.5, 0.6) is 0 Å². The van der Waals surface area contributed by atoms with Crippen molar-refractivity contribution in [1.82, 2.24) is 10.2 Å². The van der Waals surface area contributed by atoms with Crippen LogP contribution >= 0.6 is 0 Å². The summed E-state index contributed by atoms with van der Waals surface area (Å²) in [5.41, 5.74) is 3.29. The van der Waals surface area contributed by atoms with E-state index in [2.05, 4.69) is 16.0 Å². The van der Waals surface area contributed by atoms with Crippen molar-refractivity contribution in [3.05, 3.63) is 96.1 Å². The van der Waals surface area contributed by atoms with Gasteiger partial charge in [-0.3, -0.25) is 0 Å². The largest absolute Gasteiger partial charge is 0.465 e. The van der Waals surface area contributed by atoms with Gasteiger partial charge in [0.1, 0.15) is 0 Å². The van der Waals surface area contributed by atoms with Crippen molar-refractivity contribution in [3.63, 3.8) is 0 Å². The Kier molecular flexibility index (Phi) is 7.88. The van der Waals surface area contributed by atoms with Gasteiger partial charge in [0.25, 0.3) is 0 Å². The molecule has 3 amide bonds.